The van der Waals surface area contributed by atoms with Gasteiger partial charge in [-0.3, -0.25) is 0 Å². The van der Waals surface area contributed by atoms with Crippen LogP contribution in [0.4, 0.5) is 0 Å². The van der Waals surface area contributed by atoms with Crippen molar-refractivity contribution in [3.63, 3.8) is 0 Å². The van der Waals surface area contributed by atoms with Crippen LogP contribution < -0.4 is 4.43 Å². The van der Waals surface area contributed by atoms with E-state index in [1.165, 1.54) is 10.8 Å². The first kappa shape index (κ1) is 14.3. The lowest BCUT2D eigenvalue weighted by Gasteiger charge is -2.01. The van der Waals surface area contributed by atoms with Gasteiger partial charge in [0.25, 0.3) is 0 Å². The van der Waals surface area contributed by atoms with Crippen LogP contribution in [0.5, 0.6) is 5.75 Å². The van der Waals surface area contributed by atoms with Crippen LogP contribution in [0, 0.1) is 0 Å². The minimum absolute atomic E-state index is 0.777. The molecule has 0 N–H and O–H groups in total. The van der Waals surface area contributed by atoms with Crippen molar-refractivity contribution in [2.45, 2.75) is 0 Å². The Labute approximate surface area is 122 Å². The van der Waals surface area contributed by atoms with E-state index in [1.807, 2.05) is 30.3 Å². The number of hydrogen-bond donors (Lipinski definition) is 0. The van der Waals surface area contributed by atoms with Gasteiger partial charge in [-0.15, -0.1) is 0 Å². The summed E-state index contributed by atoms with van der Waals surface area (Å²) in [6.07, 6.45) is 0. The lowest BCUT2D eigenvalue weighted by Crippen LogP contribution is -2.03. The Balaban J connectivity index is 0.000000147. The molecule has 0 saturated carbocycles. The van der Waals surface area contributed by atoms with Gasteiger partial charge in [-0.05, 0) is 22.9 Å². The highest BCUT2D eigenvalue weighted by Gasteiger charge is 1.87. The second-order valence-electron chi connectivity index (χ2n) is 4.21. The topological polar surface area (TPSA) is 18.5 Å². The van der Waals surface area contributed by atoms with Crippen LogP contribution in [0.25, 0.3) is 10.8 Å². The Kier molecular flexibility index (Phi) is 5.83. The summed E-state index contributed by atoms with van der Waals surface area (Å²) in [4.78, 5) is 0. The summed E-state index contributed by atoms with van der Waals surface area (Å²) in [7, 11) is 0.885. The molecule has 3 heteroatoms. The predicted octanol–water partition coefficient (Wildman–Crippen LogP) is 3.55. The zero-order valence-corrected chi connectivity index (χ0v) is 12.9. The summed E-state index contributed by atoms with van der Waals surface area (Å²) in [5.74, 6) is 0.899. The molecule has 3 aromatic carbocycles. The Morgan fingerprint density at radius 2 is 1.10 bits per heavy atom. The minimum atomic E-state index is -0.777. The monoisotopic (exact) mass is 282 g/mol. The largest absolute Gasteiger partial charge is 0.525 e. The summed E-state index contributed by atoms with van der Waals surface area (Å²) in [6.45, 7) is 0. The minimum Gasteiger partial charge on any atom is -0.525 e. The van der Waals surface area contributed by atoms with Crippen molar-refractivity contribution in [2.24, 2.45) is 0 Å². The van der Waals surface area contributed by atoms with Crippen molar-refractivity contribution >= 4 is 20.8 Å². The molecule has 0 bridgehead atoms. The Hall–Kier alpha value is -2.10. The third-order valence-electron chi connectivity index (χ3n) is 2.75. The Morgan fingerprint density at radius 3 is 1.55 bits per heavy atom. The average molecular weight is 282 g/mol. The zero-order valence-electron chi connectivity index (χ0n) is 11.5. The summed E-state index contributed by atoms with van der Waals surface area (Å²) < 4.78 is 10.1. The number of benzene rings is 3. The standard InChI is InChI=1S/C10H8.C7H10O2Si/c1-2-6-10-8-4-3-7-9(10)5-1;1-8-10-9-7-5-3-2-4-6-7/h1-8H;2-6H,10H2,1H3. The van der Waals surface area contributed by atoms with E-state index in [2.05, 4.69) is 48.5 Å². The highest BCUT2D eigenvalue weighted by Crippen LogP contribution is 2.11. The van der Waals surface area contributed by atoms with E-state index in [0.29, 0.717) is 0 Å². The lowest BCUT2D eigenvalue weighted by molar-refractivity contribution is 0.366. The molecule has 0 fully saturated rings. The third kappa shape index (κ3) is 4.53. The fraction of sp³-hybridized carbons (Fsp3) is 0.0588. The second kappa shape index (κ2) is 8.14. The average Bonchev–Trinajstić information content (AvgIpc) is 2.55. The molecule has 0 aliphatic heterocycles. The maximum absolute atomic E-state index is 5.27. The van der Waals surface area contributed by atoms with Crippen LogP contribution in [0.2, 0.25) is 0 Å². The molecule has 0 atom stereocenters. The van der Waals surface area contributed by atoms with Gasteiger partial charge in [0.15, 0.2) is 0 Å². The molecule has 20 heavy (non-hydrogen) atoms. The zero-order chi connectivity index (χ0) is 14.0. The van der Waals surface area contributed by atoms with Crippen LogP contribution >= 0.6 is 0 Å². The van der Waals surface area contributed by atoms with E-state index >= 15 is 0 Å². The van der Waals surface area contributed by atoms with Crippen molar-refractivity contribution < 1.29 is 8.85 Å². The van der Waals surface area contributed by atoms with E-state index in [4.69, 9.17) is 8.85 Å². The maximum atomic E-state index is 5.27. The number of para-hydroxylation sites is 1. The molecular weight excluding hydrogens is 264 g/mol. The van der Waals surface area contributed by atoms with Crippen LogP contribution in [0.15, 0.2) is 78.9 Å². The number of fused-ring (bicyclic) bond motifs is 1. The van der Waals surface area contributed by atoms with Crippen molar-refractivity contribution in [1.82, 2.24) is 0 Å². The van der Waals surface area contributed by atoms with E-state index in [9.17, 15) is 0 Å². The Bertz CT molecular complexity index is 560. The molecule has 2 nitrogen and oxygen atoms in total. The molecule has 3 aromatic rings. The molecule has 0 aromatic heterocycles. The second-order valence-corrected chi connectivity index (χ2v) is 5.31. The quantitative estimate of drug-likeness (QED) is 0.684. The molecule has 102 valence electrons. The van der Waals surface area contributed by atoms with Crippen LogP contribution in [-0.4, -0.2) is 17.1 Å². The Morgan fingerprint density at radius 1 is 0.650 bits per heavy atom. The third-order valence-corrected chi connectivity index (χ3v) is 3.43. The van der Waals surface area contributed by atoms with Gasteiger partial charge in [-0.25, -0.2) is 0 Å². The molecule has 0 heterocycles. The molecule has 0 aliphatic carbocycles. The molecule has 3 rings (SSSR count). The highest BCUT2D eigenvalue weighted by atomic mass is 28.3. The first-order valence-electron chi connectivity index (χ1n) is 6.51. The van der Waals surface area contributed by atoms with E-state index < -0.39 is 10.0 Å². The normalized spacial score (nSPS) is 10.2. The number of hydrogen-bond acceptors (Lipinski definition) is 2. The summed E-state index contributed by atoms with van der Waals surface area (Å²) >= 11 is 0. The van der Waals surface area contributed by atoms with Crippen molar-refractivity contribution in [3.05, 3.63) is 78.9 Å². The molecule has 0 amide bonds. The van der Waals surface area contributed by atoms with E-state index in [1.54, 1.807) is 7.11 Å². The van der Waals surface area contributed by atoms with Crippen molar-refractivity contribution in [1.29, 1.82) is 0 Å². The predicted molar refractivity (Wildman–Crippen MR) is 86.6 cm³/mol. The van der Waals surface area contributed by atoms with Gasteiger partial charge in [0, 0.05) is 7.11 Å². The molecule has 0 aliphatic rings. The van der Waals surface area contributed by atoms with Crippen molar-refractivity contribution in [2.75, 3.05) is 7.11 Å². The van der Waals surface area contributed by atoms with Crippen molar-refractivity contribution in [3.8, 4) is 5.75 Å². The maximum Gasteiger partial charge on any atom is 0.365 e. The van der Waals surface area contributed by atoms with Gasteiger partial charge in [-0.2, -0.15) is 0 Å². The first-order valence-corrected chi connectivity index (χ1v) is 7.66. The van der Waals surface area contributed by atoms with Gasteiger partial charge in [-0.1, -0.05) is 66.7 Å². The molecular formula is C17H18O2Si. The first-order chi connectivity index (χ1) is 9.90. The van der Waals surface area contributed by atoms with E-state index in [0.717, 1.165) is 5.75 Å². The van der Waals surface area contributed by atoms with Crippen LogP contribution in [-0.2, 0) is 4.43 Å². The summed E-state index contributed by atoms with van der Waals surface area (Å²) in [5.41, 5.74) is 0. The van der Waals surface area contributed by atoms with Gasteiger partial charge >= 0.3 is 10.0 Å². The lowest BCUT2D eigenvalue weighted by atomic mass is 10.1. The van der Waals surface area contributed by atoms with Gasteiger partial charge in [0.05, 0.1) is 0 Å². The fourth-order valence-corrected chi connectivity index (χ4v) is 2.22. The number of rotatable bonds is 3. The molecule has 0 spiro atoms. The molecule has 0 radical (unpaired) electrons. The van der Waals surface area contributed by atoms with Gasteiger partial charge in [0.2, 0.25) is 0 Å². The molecule has 0 saturated heterocycles. The molecule has 0 unspecified atom stereocenters. The van der Waals surface area contributed by atoms with Crippen LogP contribution in [0.1, 0.15) is 0 Å². The smallest absolute Gasteiger partial charge is 0.365 e. The fourth-order valence-electron chi connectivity index (χ4n) is 1.78. The van der Waals surface area contributed by atoms with Crippen LogP contribution in [0.3, 0.4) is 0 Å². The summed E-state index contributed by atoms with van der Waals surface area (Å²) in [6, 6.07) is 26.4. The highest BCUT2D eigenvalue weighted by molar-refractivity contribution is 6.19. The summed E-state index contributed by atoms with van der Waals surface area (Å²) in [5, 5.41) is 2.62. The van der Waals surface area contributed by atoms with E-state index in [-0.39, 0.29) is 0 Å². The van der Waals surface area contributed by atoms with Gasteiger partial charge in [0.1, 0.15) is 5.75 Å². The SMILES string of the molecule is CO[SiH2]Oc1ccccc1.c1ccc2ccccc2c1. The van der Waals surface area contributed by atoms with Gasteiger partial charge < -0.3 is 8.85 Å².